The largest absolute Gasteiger partial charge is 0.339 e. The van der Waals surface area contributed by atoms with Crippen LogP contribution in [0.25, 0.3) is 0 Å². The third-order valence-corrected chi connectivity index (χ3v) is 6.06. The van der Waals surface area contributed by atoms with Crippen LogP contribution in [0.2, 0.25) is 0 Å². The van der Waals surface area contributed by atoms with Gasteiger partial charge in [0.05, 0.1) is 12.8 Å². The van der Waals surface area contributed by atoms with Gasteiger partial charge in [0.25, 0.3) is 0 Å². The van der Waals surface area contributed by atoms with Gasteiger partial charge in [0.1, 0.15) is 0 Å². The first-order chi connectivity index (χ1) is 10.8. The molecule has 0 unspecified atom stereocenters. The van der Waals surface area contributed by atoms with Crippen molar-refractivity contribution in [1.29, 1.82) is 0 Å². The Hall–Kier alpha value is -1.15. The molecule has 0 N–H and O–H groups in total. The van der Waals surface area contributed by atoms with E-state index in [9.17, 15) is 18.0 Å². The third-order valence-electron chi connectivity index (χ3n) is 4.78. The fraction of sp³-hybridized carbons (Fsp3) is 0.867. The van der Waals surface area contributed by atoms with Gasteiger partial charge in [-0.25, -0.2) is 8.42 Å². The maximum absolute atomic E-state index is 12.5. The van der Waals surface area contributed by atoms with E-state index in [0.29, 0.717) is 26.2 Å². The Labute approximate surface area is 138 Å². The van der Waals surface area contributed by atoms with E-state index < -0.39 is 10.0 Å². The lowest BCUT2D eigenvalue weighted by molar-refractivity contribution is -0.138. The molecule has 0 atom stereocenters. The zero-order valence-electron chi connectivity index (χ0n) is 14.0. The van der Waals surface area contributed by atoms with Crippen LogP contribution < -0.4 is 0 Å². The fourth-order valence-electron chi connectivity index (χ4n) is 3.39. The fourth-order valence-corrected chi connectivity index (χ4v) is 4.49. The molecular weight excluding hydrogens is 318 g/mol. The van der Waals surface area contributed by atoms with Crippen LogP contribution in [-0.2, 0) is 19.6 Å². The van der Waals surface area contributed by atoms with Crippen LogP contribution in [0.3, 0.4) is 0 Å². The Bertz CT molecular complexity index is 535. The Balaban J connectivity index is 1.97. The van der Waals surface area contributed by atoms with E-state index >= 15 is 0 Å². The summed E-state index contributed by atoms with van der Waals surface area (Å²) in [6, 6.07) is -0.0544. The highest BCUT2D eigenvalue weighted by molar-refractivity contribution is 7.88. The number of nitrogens with zero attached hydrogens (tertiary/aromatic N) is 3. The van der Waals surface area contributed by atoms with Gasteiger partial charge in [0.2, 0.25) is 21.8 Å². The predicted molar refractivity (Wildman–Crippen MR) is 87.3 cm³/mol. The van der Waals surface area contributed by atoms with Crippen LogP contribution in [0.1, 0.15) is 39.0 Å². The second-order valence-corrected chi connectivity index (χ2v) is 8.42. The van der Waals surface area contributed by atoms with Crippen molar-refractivity contribution >= 4 is 21.8 Å². The van der Waals surface area contributed by atoms with Gasteiger partial charge in [0, 0.05) is 39.1 Å². The van der Waals surface area contributed by atoms with Crippen LogP contribution in [-0.4, -0.2) is 79.4 Å². The molecule has 0 bridgehead atoms. The molecule has 23 heavy (non-hydrogen) atoms. The Morgan fingerprint density at radius 1 is 1.00 bits per heavy atom. The highest BCUT2D eigenvalue weighted by Gasteiger charge is 2.32. The number of sulfonamides is 1. The second kappa shape index (κ2) is 7.61. The summed E-state index contributed by atoms with van der Waals surface area (Å²) in [5.41, 5.74) is 0. The van der Waals surface area contributed by atoms with Crippen molar-refractivity contribution in [1.82, 2.24) is 14.1 Å². The van der Waals surface area contributed by atoms with E-state index in [-0.39, 0.29) is 24.4 Å². The molecule has 7 nitrogen and oxygen atoms in total. The summed E-state index contributed by atoms with van der Waals surface area (Å²) in [5, 5.41) is 0. The smallest absolute Gasteiger partial charge is 0.238 e. The average molecular weight is 345 g/mol. The molecule has 1 aliphatic carbocycles. The molecule has 2 amide bonds. The molecule has 2 fully saturated rings. The van der Waals surface area contributed by atoms with Gasteiger partial charge < -0.3 is 9.80 Å². The molecule has 1 heterocycles. The van der Waals surface area contributed by atoms with E-state index in [2.05, 4.69) is 0 Å². The summed E-state index contributed by atoms with van der Waals surface area (Å²) >= 11 is 0. The first-order valence-electron chi connectivity index (χ1n) is 8.29. The number of amides is 2. The summed E-state index contributed by atoms with van der Waals surface area (Å²) in [6.07, 6.45) is 6.01. The summed E-state index contributed by atoms with van der Waals surface area (Å²) < 4.78 is 25.6. The van der Waals surface area contributed by atoms with Crippen molar-refractivity contribution < 1.29 is 18.0 Å². The van der Waals surface area contributed by atoms with Gasteiger partial charge in [-0.3, -0.25) is 9.59 Å². The normalized spacial score (nSPS) is 20.8. The molecule has 1 aliphatic heterocycles. The molecule has 0 radical (unpaired) electrons. The summed E-state index contributed by atoms with van der Waals surface area (Å²) in [6.45, 7) is 3.42. The van der Waals surface area contributed by atoms with Gasteiger partial charge in [-0.2, -0.15) is 4.31 Å². The number of piperazine rings is 1. The molecule has 1 saturated carbocycles. The lowest BCUT2D eigenvalue weighted by Crippen LogP contribution is -2.54. The second-order valence-electron chi connectivity index (χ2n) is 6.49. The van der Waals surface area contributed by atoms with E-state index in [1.807, 2.05) is 0 Å². The minimum Gasteiger partial charge on any atom is -0.339 e. The van der Waals surface area contributed by atoms with Crippen molar-refractivity contribution in [3.05, 3.63) is 0 Å². The zero-order chi connectivity index (χ0) is 17.0. The van der Waals surface area contributed by atoms with Crippen molar-refractivity contribution in [2.75, 3.05) is 39.0 Å². The zero-order valence-corrected chi connectivity index (χ0v) is 14.8. The molecule has 2 aliphatic rings. The van der Waals surface area contributed by atoms with Gasteiger partial charge in [-0.1, -0.05) is 19.3 Å². The van der Waals surface area contributed by atoms with Crippen molar-refractivity contribution in [3.8, 4) is 0 Å². The molecule has 0 aromatic heterocycles. The number of carbonyl (C=O) groups excluding carboxylic acids is 2. The van der Waals surface area contributed by atoms with Gasteiger partial charge in [-0.05, 0) is 12.8 Å². The van der Waals surface area contributed by atoms with E-state index in [1.165, 1.54) is 17.5 Å². The Kier molecular flexibility index (Phi) is 6.02. The third kappa shape index (κ3) is 4.91. The van der Waals surface area contributed by atoms with Crippen molar-refractivity contribution in [2.45, 2.75) is 45.1 Å². The minimum atomic E-state index is -3.40. The van der Waals surface area contributed by atoms with Gasteiger partial charge in [-0.15, -0.1) is 0 Å². The van der Waals surface area contributed by atoms with Crippen molar-refractivity contribution in [3.63, 3.8) is 0 Å². The molecule has 1 saturated heterocycles. The highest BCUT2D eigenvalue weighted by Crippen LogP contribution is 2.24. The van der Waals surface area contributed by atoms with Crippen LogP contribution in [0.5, 0.6) is 0 Å². The quantitative estimate of drug-likeness (QED) is 0.733. The Morgan fingerprint density at radius 2 is 1.52 bits per heavy atom. The minimum absolute atomic E-state index is 0.0112. The Morgan fingerprint density at radius 3 is 2.00 bits per heavy atom. The van der Waals surface area contributed by atoms with E-state index in [0.717, 1.165) is 32.1 Å². The van der Waals surface area contributed by atoms with E-state index in [4.69, 9.17) is 0 Å². The highest BCUT2D eigenvalue weighted by atomic mass is 32.2. The van der Waals surface area contributed by atoms with Crippen LogP contribution in [0, 0.1) is 0 Å². The standard InChI is InChI=1S/C15H27N3O4S/c1-13(19)16-8-10-17(11-9-16)15(20)12-18(23(2,21)22)14-6-4-3-5-7-14/h14H,3-12H2,1-2H3. The lowest BCUT2D eigenvalue weighted by Gasteiger charge is -2.37. The van der Waals surface area contributed by atoms with Gasteiger partial charge >= 0.3 is 0 Å². The summed E-state index contributed by atoms with van der Waals surface area (Å²) in [5.74, 6) is -0.152. The molecule has 8 heteroatoms. The molecule has 0 aromatic rings. The van der Waals surface area contributed by atoms with Crippen LogP contribution in [0.4, 0.5) is 0 Å². The topological polar surface area (TPSA) is 78.0 Å². The predicted octanol–water partition coefficient (Wildman–Crippen LogP) is 0.271. The maximum atomic E-state index is 12.5. The number of rotatable bonds is 4. The first kappa shape index (κ1) is 18.2. The lowest BCUT2D eigenvalue weighted by atomic mass is 9.95. The SMILES string of the molecule is CC(=O)N1CCN(C(=O)CN(C2CCCCC2)S(C)(=O)=O)CC1. The molecule has 2 rings (SSSR count). The molecule has 132 valence electrons. The molecule has 0 aromatic carbocycles. The van der Waals surface area contributed by atoms with Crippen LogP contribution >= 0.6 is 0 Å². The summed E-state index contributed by atoms with van der Waals surface area (Å²) in [4.78, 5) is 27.2. The molecular formula is C15H27N3O4S. The van der Waals surface area contributed by atoms with Crippen molar-refractivity contribution in [2.24, 2.45) is 0 Å². The molecule has 0 spiro atoms. The summed E-state index contributed by atoms with van der Waals surface area (Å²) in [7, 11) is -3.40. The van der Waals surface area contributed by atoms with E-state index in [1.54, 1.807) is 9.80 Å². The number of carbonyl (C=O) groups is 2. The number of hydrogen-bond donors (Lipinski definition) is 0. The maximum Gasteiger partial charge on any atom is 0.238 e. The van der Waals surface area contributed by atoms with Gasteiger partial charge in [0.15, 0.2) is 0 Å². The number of hydrogen-bond acceptors (Lipinski definition) is 4. The average Bonchev–Trinajstić information content (AvgIpc) is 2.52. The van der Waals surface area contributed by atoms with Crippen LogP contribution in [0.15, 0.2) is 0 Å². The first-order valence-corrected chi connectivity index (χ1v) is 10.1. The monoisotopic (exact) mass is 345 g/mol.